The minimum Gasteiger partial charge on any atom is -0.384 e. The monoisotopic (exact) mass is 327 g/mol. The molecule has 0 amide bonds. The lowest BCUT2D eigenvalue weighted by molar-refractivity contribution is -0.108. The number of aliphatic hydroxyl groups is 1. The number of β-amino-alcohol motifs (C(OH)–C–C–N with tert-alkyl or cyclic N) is 1. The second-order valence-corrected chi connectivity index (χ2v) is 6.37. The largest absolute Gasteiger partial charge is 0.384 e. The summed E-state index contributed by atoms with van der Waals surface area (Å²) in [5.41, 5.74) is 2.18. The third kappa shape index (κ3) is 3.52. The smallest absolute Gasteiger partial charge is 0.183 e. The van der Waals surface area contributed by atoms with E-state index in [4.69, 9.17) is 9.47 Å². The summed E-state index contributed by atoms with van der Waals surface area (Å²) in [5.74, 6) is 0. The molecule has 0 aliphatic carbocycles. The number of hydrogen-bond acceptors (Lipinski definition) is 4. The third-order valence-electron chi connectivity index (χ3n) is 4.72. The predicted molar refractivity (Wildman–Crippen MR) is 93.4 cm³/mol. The van der Waals surface area contributed by atoms with Crippen molar-refractivity contribution in [3.63, 3.8) is 0 Å². The van der Waals surface area contributed by atoms with Gasteiger partial charge in [0.15, 0.2) is 6.29 Å². The van der Waals surface area contributed by atoms with Gasteiger partial charge in [-0.15, -0.1) is 0 Å². The van der Waals surface area contributed by atoms with Gasteiger partial charge in [0.25, 0.3) is 0 Å². The zero-order chi connectivity index (χ0) is 17.0. The van der Waals surface area contributed by atoms with Crippen LogP contribution in [0.4, 0.5) is 0 Å². The number of hydrogen-bond donors (Lipinski definition) is 1. The summed E-state index contributed by atoms with van der Waals surface area (Å²) in [6, 6.07) is 18.2. The molecule has 0 radical (unpaired) electrons. The first-order chi connectivity index (χ1) is 11.7. The number of likely N-dealkylation sites (tertiary alicyclic amines) is 1. The van der Waals surface area contributed by atoms with Crippen molar-refractivity contribution in [2.24, 2.45) is 0 Å². The molecular formula is C20H25NO3. The van der Waals surface area contributed by atoms with Gasteiger partial charge in [0, 0.05) is 39.4 Å². The van der Waals surface area contributed by atoms with Crippen molar-refractivity contribution in [2.75, 3.05) is 27.3 Å². The average Bonchev–Trinajstić information content (AvgIpc) is 2.99. The molecule has 3 rings (SSSR count). The van der Waals surface area contributed by atoms with Crippen LogP contribution in [-0.4, -0.2) is 37.3 Å². The van der Waals surface area contributed by atoms with Crippen LogP contribution >= 0.6 is 0 Å². The lowest BCUT2D eigenvalue weighted by Crippen LogP contribution is -2.32. The molecular weight excluding hydrogens is 302 g/mol. The zero-order valence-corrected chi connectivity index (χ0v) is 14.3. The average molecular weight is 327 g/mol. The van der Waals surface area contributed by atoms with E-state index in [1.807, 2.05) is 30.3 Å². The van der Waals surface area contributed by atoms with Gasteiger partial charge in [0.05, 0.1) is 0 Å². The number of ether oxygens (including phenoxy) is 2. The van der Waals surface area contributed by atoms with E-state index in [1.54, 1.807) is 14.2 Å². The van der Waals surface area contributed by atoms with Crippen LogP contribution in [0.2, 0.25) is 0 Å². The van der Waals surface area contributed by atoms with Gasteiger partial charge in [0.2, 0.25) is 0 Å². The lowest BCUT2D eigenvalue weighted by Gasteiger charge is -2.28. The summed E-state index contributed by atoms with van der Waals surface area (Å²) >= 11 is 0. The van der Waals surface area contributed by atoms with Gasteiger partial charge in [-0.2, -0.15) is 0 Å². The normalized spacial score (nSPS) is 21.5. The summed E-state index contributed by atoms with van der Waals surface area (Å²) in [5, 5.41) is 11.3. The molecule has 1 aliphatic rings. The quantitative estimate of drug-likeness (QED) is 0.828. The van der Waals surface area contributed by atoms with E-state index in [0.29, 0.717) is 13.0 Å². The highest BCUT2D eigenvalue weighted by Crippen LogP contribution is 2.37. The fourth-order valence-electron chi connectivity index (χ4n) is 3.54. The fraction of sp³-hybridized carbons (Fsp3) is 0.400. The Morgan fingerprint density at radius 2 is 1.71 bits per heavy atom. The molecule has 1 N–H and O–H groups in total. The molecule has 128 valence electrons. The maximum absolute atomic E-state index is 11.3. The van der Waals surface area contributed by atoms with Gasteiger partial charge in [-0.1, -0.05) is 54.6 Å². The number of nitrogens with zero attached hydrogens (tertiary/aromatic N) is 1. The minimum absolute atomic E-state index is 0.464. The Morgan fingerprint density at radius 1 is 1.04 bits per heavy atom. The first-order valence-corrected chi connectivity index (χ1v) is 8.30. The van der Waals surface area contributed by atoms with Gasteiger partial charge < -0.3 is 14.6 Å². The second-order valence-electron chi connectivity index (χ2n) is 6.37. The van der Waals surface area contributed by atoms with E-state index < -0.39 is 11.9 Å². The SMILES string of the molecule is COC(OC)c1ccccc1C1(O)CCN(Cc2ccccc2)C1. The van der Waals surface area contributed by atoms with E-state index in [1.165, 1.54) is 5.56 Å². The highest BCUT2D eigenvalue weighted by Gasteiger charge is 2.39. The summed E-state index contributed by atoms with van der Waals surface area (Å²) < 4.78 is 10.8. The Morgan fingerprint density at radius 3 is 2.42 bits per heavy atom. The lowest BCUT2D eigenvalue weighted by atomic mass is 9.88. The molecule has 0 bridgehead atoms. The van der Waals surface area contributed by atoms with Crippen molar-refractivity contribution in [3.05, 3.63) is 71.3 Å². The molecule has 4 heteroatoms. The summed E-state index contributed by atoms with van der Waals surface area (Å²) in [6.45, 7) is 2.33. The van der Waals surface area contributed by atoms with Crippen molar-refractivity contribution in [1.82, 2.24) is 4.90 Å². The topological polar surface area (TPSA) is 41.9 Å². The molecule has 2 aromatic rings. The van der Waals surface area contributed by atoms with E-state index >= 15 is 0 Å². The Hall–Kier alpha value is -1.72. The minimum atomic E-state index is -0.874. The summed E-state index contributed by atoms with van der Waals surface area (Å²) in [7, 11) is 3.23. The molecule has 24 heavy (non-hydrogen) atoms. The van der Waals surface area contributed by atoms with Crippen LogP contribution in [0.5, 0.6) is 0 Å². The maximum Gasteiger partial charge on any atom is 0.183 e. The molecule has 0 aromatic heterocycles. The molecule has 4 nitrogen and oxygen atoms in total. The third-order valence-corrected chi connectivity index (χ3v) is 4.72. The molecule has 2 aromatic carbocycles. The zero-order valence-electron chi connectivity index (χ0n) is 14.3. The van der Waals surface area contributed by atoms with Gasteiger partial charge in [-0.3, -0.25) is 4.90 Å². The van der Waals surface area contributed by atoms with Crippen molar-refractivity contribution < 1.29 is 14.6 Å². The van der Waals surface area contributed by atoms with Crippen LogP contribution in [0.25, 0.3) is 0 Å². The Labute approximate surface area is 143 Å². The van der Waals surface area contributed by atoms with E-state index in [0.717, 1.165) is 24.2 Å². The molecule has 1 saturated heterocycles. The first-order valence-electron chi connectivity index (χ1n) is 8.30. The molecule has 1 unspecified atom stereocenters. The Bertz CT molecular complexity index is 657. The highest BCUT2D eigenvalue weighted by molar-refractivity contribution is 5.35. The van der Waals surface area contributed by atoms with Crippen LogP contribution in [0, 0.1) is 0 Å². The molecule has 1 fully saturated rings. The van der Waals surface area contributed by atoms with Crippen molar-refractivity contribution in [1.29, 1.82) is 0 Å². The molecule has 0 saturated carbocycles. The number of methoxy groups -OCH3 is 2. The summed E-state index contributed by atoms with van der Waals surface area (Å²) in [4.78, 5) is 2.29. The molecule has 1 aliphatic heterocycles. The highest BCUT2D eigenvalue weighted by atomic mass is 16.7. The maximum atomic E-state index is 11.3. The van der Waals surface area contributed by atoms with Gasteiger partial charge in [-0.25, -0.2) is 0 Å². The van der Waals surface area contributed by atoms with Crippen molar-refractivity contribution in [2.45, 2.75) is 24.9 Å². The number of benzene rings is 2. The standard InChI is InChI=1S/C20H25NO3/c1-23-19(24-2)17-10-6-7-11-18(17)20(22)12-13-21(15-20)14-16-8-4-3-5-9-16/h3-11,19,22H,12-15H2,1-2H3. The van der Waals surface area contributed by atoms with Crippen LogP contribution < -0.4 is 0 Å². The van der Waals surface area contributed by atoms with Crippen LogP contribution in [-0.2, 0) is 21.6 Å². The predicted octanol–water partition coefficient (Wildman–Crippen LogP) is 3.07. The number of rotatable bonds is 6. The van der Waals surface area contributed by atoms with Crippen LogP contribution in [0.15, 0.2) is 54.6 Å². The van der Waals surface area contributed by atoms with Crippen molar-refractivity contribution in [3.8, 4) is 0 Å². The molecule has 1 heterocycles. The van der Waals surface area contributed by atoms with Crippen LogP contribution in [0.1, 0.15) is 29.4 Å². The van der Waals surface area contributed by atoms with Gasteiger partial charge in [0.1, 0.15) is 5.60 Å². The van der Waals surface area contributed by atoms with Crippen LogP contribution in [0.3, 0.4) is 0 Å². The van der Waals surface area contributed by atoms with E-state index in [9.17, 15) is 5.11 Å². The van der Waals surface area contributed by atoms with Crippen molar-refractivity contribution >= 4 is 0 Å². The second kappa shape index (κ2) is 7.45. The van der Waals surface area contributed by atoms with E-state index in [2.05, 4.69) is 29.2 Å². The fourth-order valence-corrected chi connectivity index (χ4v) is 3.54. The van der Waals surface area contributed by atoms with Gasteiger partial charge >= 0.3 is 0 Å². The Balaban J connectivity index is 1.80. The summed E-state index contributed by atoms with van der Waals surface area (Å²) in [6.07, 6.45) is 0.241. The van der Waals surface area contributed by atoms with E-state index in [-0.39, 0.29) is 0 Å². The Kier molecular flexibility index (Phi) is 5.31. The first kappa shape index (κ1) is 17.1. The molecule has 0 spiro atoms. The van der Waals surface area contributed by atoms with Gasteiger partial charge in [-0.05, 0) is 17.5 Å². The molecule has 1 atom stereocenters.